The van der Waals surface area contributed by atoms with Gasteiger partial charge in [-0.25, -0.2) is 0 Å². The van der Waals surface area contributed by atoms with Crippen molar-refractivity contribution in [2.75, 3.05) is 31.6 Å². The molecule has 5 rings (SSSR count). The Kier molecular flexibility index (Phi) is 5.53. The maximum absolute atomic E-state index is 5.91. The highest BCUT2D eigenvalue weighted by Crippen LogP contribution is 2.45. The number of fused-ring (bicyclic) bond motifs is 6. The summed E-state index contributed by atoms with van der Waals surface area (Å²) in [7, 11) is 0. The fraction of sp³-hybridized carbons (Fsp3) is 0.625. The van der Waals surface area contributed by atoms with E-state index in [0.29, 0.717) is 12.6 Å². The molecule has 1 aliphatic carbocycles. The van der Waals surface area contributed by atoms with Gasteiger partial charge in [0.25, 0.3) is 0 Å². The molecule has 4 aliphatic rings. The number of rotatable bonds is 3. The van der Waals surface area contributed by atoms with Crippen LogP contribution in [0.4, 0.5) is 5.69 Å². The summed E-state index contributed by atoms with van der Waals surface area (Å²) in [6.07, 6.45) is 10.7. The van der Waals surface area contributed by atoms with E-state index in [4.69, 9.17) is 17.0 Å². The lowest BCUT2D eigenvalue weighted by Gasteiger charge is -2.55. The van der Waals surface area contributed by atoms with Gasteiger partial charge in [0.05, 0.1) is 12.6 Å². The van der Waals surface area contributed by atoms with E-state index in [0.717, 1.165) is 41.0 Å². The van der Waals surface area contributed by atoms with E-state index in [1.165, 1.54) is 51.6 Å². The van der Waals surface area contributed by atoms with Gasteiger partial charge in [-0.3, -0.25) is 4.90 Å². The number of anilines is 1. The minimum absolute atomic E-state index is 0.491. The second-order valence-electron chi connectivity index (χ2n) is 9.09. The van der Waals surface area contributed by atoms with Gasteiger partial charge in [-0.15, -0.1) is 0 Å². The second-order valence-corrected chi connectivity index (χ2v) is 9.48. The van der Waals surface area contributed by atoms with E-state index in [2.05, 4.69) is 33.3 Å². The number of hydrogen-bond acceptors (Lipinski definition) is 3. The van der Waals surface area contributed by atoms with Crippen LogP contribution in [-0.2, 0) is 0 Å². The zero-order valence-corrected chi connectivity index (χ0v) is 18.3. The van der Waals surface area contributed by atoms with E-state index < -0.39 is 0 Å². The highest BCUT2D eigenvalue weighted by atomic mass is 32.1. The SMILES string of the molecule is CCOc1ccc(NC(=S)N2CCCC3=C[C@@H]4C[C@H](CN5CCCC[C@H]45)[C@@H]32)cc1. The van der Waals surface area contributed by atoms with Crippen LogP contribution >= 0.6 is 12.2 Å². The summed E-state index contributed by atoms with van der Waals surface area (Å²) in [5.41, 5.74) is 2.71. The first kappa shape index (κ1) is 19.4. The Labute approximate surface area is 180 Å². The third-order valence-electron chi connectivity index (χ3n) is 7.33. The molecule has 5 heteroatoms. The lowest BCUT2D eigenvalue weighted by molar-refractivity contribution is 0.0132. The van der Waals surface area contributed by atoms with Crippen molar-refractivity contribution in [2.24, 2.45) is 11.8 Å². The Bertz CT molecular complexity index is 777. The number of nitrogens with one attached hydrogen (secondary N) is 1. The molecule has 1 N–H and O–H groups in total. The van der Waals surface area contributed by atoms with Crippen LogP contribution in [0.1, 0.15) is 45.4 Å². The zero-order valence-electron chi connectivity index (χ0n) is 17.5. The average Bonchev–Trinajstić information content (AvgIpc) is 2.75. The van der Waals surface area contributed by atoms with Gasteiger partial charge in [0.2, 0.25) is 0 Å². The van der Waals surface area contributed by atoms with Crippen molar-refractivity contribution in [2.45, 2.75) is 57.5 Å². The number of hydrogen-bond donors (Lipinski definition) is 1. The van der Waals surface area contributed by atoms with E-state index in [1.54, 1.807) is 5.57 Å². The lowest BCUT2D eigenvalue weighted by Crippen LogP contribution is -2.60. The van der Waals surface area contributed by atoms with Crippen molar-refractivity contribution in [1.29, 1.82) is 0 Å². The van der Waals surface area contributed by atoms with Gasteiger partial charge in [0, 0.05) is 24.8 Å². The van der Waals surface area contributed by atoms with Gasteiger partial charge in [0.15, 0.2) is 5.11 Å². The zero-order chi connectivity index (χ0) is 19.8. The van der Waals surface area contributed by atoms with E-state index in [-0.39, 0.29) is 0 Å². The predicted molar refractivity (Wildman–Crippen MR) is 122 cm³/mol. The minimum atomic E-state index is 0.491. The van der Waals surface area contributed by atoms with Crippen molar-refractivity contribution in [3.8, 4) is 5.75 Å². The second kappa shape index (κ2) is 8.27. The van der Waals surface area contributed by atoms with Gasteiger partial charge in [-0.1, -0.05) is 18.1 Å². The molecule has 0 amide bonds. The Morgan fingerprint density at radius 2 is 2.03 bits per heavy atom. The van der Waals surface area contributed by atoms with Gasteiger partial charge in [-0.2, -0.15) is 0 Å². The summed E-state index contributed by atoms with van der Waals surface area (Å²) in [6.45, 7) is 6.31. The fourth-order valence-electron chi connectivity index (χ4n) is 6.20. The summed E-state index contributed by atoms with van der Waals surface area (Å²) in [5.74, 6) is 2.39. The summed E-state index contributed by atoms with van der Waals surface area (Å²) in [5, 5.41) is 4.38. The van der Waals surface area contributed by atoms with Crippen molar-refractivity contribution < 1.29 is 4.74 Å². The largest absolute Gasteiger partial charge is 0.494 e. The number of benzene rings is 1. The van der Waals surface area contributed by atoms with Crippen molar-refractivity contribution in [1.82, 2.24) is 9.80 Å². The fourth-order valence-corrected chi connectivity index (χ4v) is 6.52. The van der Waals surface area contributed by atoms with Crippen LogP contribution in [0.15, 0.2) is 35.9 Å². The van der Waals surface area contributed by atoms with E-state index >= 15 is 0 Å². The monoisotopic (exact) mass is 411 g/mol. The molecule has 0 saturated carbocycles. The van der Waals surface area contributed by atoms with Gasteiger partial charge in [-0.05, 0) is 93.9 Å². The van der Waals surface area contributed by atoms with Gasteiger partial charge in [0.1, 0.15) is 5.75 Å². The predicted octanol–water partition coefficient (Wildman–Crippen LogP) is 4.68. The maximum atomic E-state index is 5.91. The number of thiocarbonyl (C=S) groups is 1. The highest BCUT2D eigenvalue weighted by molar-refractivity contribution is 7.80. The standard InChI is InChI=1S/C24H33N3OS/c1-2-28-21-10-8-20(9-11-21)25-24(29)27-13-5-6-17-14-18-15-19(23(17)27)16-26-12-4-3-7-22(18)26/h8-11,14,18-19,22-23H,2-7,12-13,15-16H2,1H3,(H,25,29)/t18-,19-,22-,23-/m1/s1. The molecule has 3 aliphatic heterocycles. The van der Waals surface area contributed by atoms with Crippen molar-refractivity contribution >= 4 is 23.0 Å². The molecular formula is C24H33N3OS. The highest BCUT2D eigenvalue weighted by Gasteiger charge is 2.46. The molecule has 0 radical (unpaired) electrons. The summed E-state index contributed by atoms with van der Waals surface area (Å²) < 4.78 is 5.56. The number of piperidine rings is 3. The summed E-state index contributed by atoms with van der Waals surface area (Å²) in [4.78, 5) is 5.29. The minimum Gasteiger partial charge on any atom is -0.494 e. The molecule has 2 bridgehead atoms. The van der Waals surface area contributed by atoms with Crippen LogP contribution in [0.3, 0.4) is 0 Å². The number of ether oxygens (including phenoxy) is 1. The lowest BCUT2D eigenvalue weighted by atomic mass is 9.68. The number of likely N-dealkylation sites (tertiary alicyclic amines) is 1. The molecule has 156 valence electrons. The molecule has 1 aromatic rings. The average molecular weight is 412 g/mol. The van der Waals surface area contributed by atoms with Crippen molar-refractivity contribution in [3.05, 3.63) is 35.9 Å². The Balaban J connectivity index is 1.33. The van der Waals surface area contributed by atoms with Crippen LogP contribution in [0.2, 0.25) is 0 Å². The first-order chi connectivity index (χ1) is 14.2. The molecule has 4 nitrogen and oxygen atoms in total. The molecule has 3 fully saturated rings. The third-order valence-corrected chi connectivity index (χ3v) is 7.67. The quantitative estimate of drug-likeness (QED) is 0.576. The van der Waals surface area contributed by atoms with Crippen LogP contribution in [0, 0.1) is 11.8 Å². The topological polar surface area (TPSA) is 27.7 Å². The molecule has 1 aromatic carbocycles. The molecule has 3 saturated heterocycles. The summed E-state index contributed by atoms with van der Waals surface area (Å²) >= 11 is 5.91. The van der Waals surface area contributed by atoms with E-state index in [9.17, 15) is 0 Å². The molecule has 4 atom stereocenters. The van der Waals surface area contributed by atoms with Crippen LogP contribution in [-0.4, -0.2) is 53.2 Å². The van der Waals surface area contributed by atoms with Gasteiger partial charge < -0.3 is 15.0 Å². The maximum Gasteiger partial charge on any atom is 0.173 e. The first-order valence-electron chi connectivity index (χ1n) is 11.5. The Hall–Kier alpha value is -1.59. The first-order valence-corrected chi connectivity index (χ1v) is 11.9. The third kappa shape index (κ3) is 3.79. The van der Waals surface area contributed by atoms with Crippen LogP contribution < -0.4 is 10.1 Å². The summed E-state index contributed by atoms with van der Waals surface area (Å²) in [6, 6.07) is 9.45. The molecule has 3 heterocycles. The van der Waals surface area contributed by atoms with Crippen molar-refractivity contribution in [3.63, 3.8) is 0 Å². The van der Waals surface area contributed by atoms with Crippen LogP contribution in [0.25, 0.3) is 0 Å². The number of nitrogens with zero attached hydrogens (tertiary/aromatic N) is 2. The molecular weight excluding hydrogens is 378 g/mol. The molecule has 0 aromatic heterocycles. The van der Waals surface area contributed by atoms with E-state index in [1.807, 2.05) is 19.1 Å². The Morgan fingerprint density at radius 1 is 1.17 bits per heavy atom. The normalized spacial score (nSPS) is 31.3. The van der Waals surface area contributed by atoms with Gasteiger partial charge >= 0.3 is 0 Å². The molecule has 0 spiro atoms. The molecule has 0 unspecified atom stereocenters. The smallest absolute Gasteiger partial charge is 0.173 e. The molecule has 29 heavy (non-hydrogen) atoms. The Morgan fingerprint density at radius 3 is 2.86 bits per heavy atom. The van der Waals surface area contributed by atoms with Crippen LogP contribution in [0.5, 0.6) is 5.75 Å².